The molecule has 1 aromatic heterocycles. The van der Waals surface area contributed by atoms with Crippen molar-refractivity contribution >= 4 is 11.8 Å². The zero-order valence-electron chi connectivity index (χ0n) is 6.87. The lowest BCUT2D eigenvalue weighted by Crippen LogP contribution is -1.89. The molecule has 62 valence electrons. The van der Waals surface area contributed by atoms with Gasteiger partial charge in [-0.05, 0) is 12.3 Å². The van der Waals surface area contributed by atoms with Gasteiger partial charge in [-0.25, -0.2) is 4.98 Å². The predicted molar refractivity (Wildman–Crippen MR) is 47.3 cm³/mol. The van der Waals surface area contributed by atoms with Crippen molar-refractivity contribution in [2.45, 2.75) is 4.90 Å². The van der Waals surface area contributed by atoms with E-state index in [0.717, 1.165) is 4.90 Å². The maximum atomic E-state index is 8.65. The zero-order valence-corrected chi connectivity index (χ0v) is 7.68. The smallest absolute Gasteiger partial charge is 0.154 e. The van der Waals surface area contributed by atoms with E-state index < -0.39 is 0 Å². The zero-order chi connectivity index (χ0) is 8.97. The Morgan fingerprint density at radius 1 is 1.67 bits per heavy atom. The van der Waals surface area contributed by atoms with Gasteiger partial charge in [0.1, 0.15) is 11.8 Å². The normalized spacial score (nSPS) is 9.08. The van der Waals surface area contributed by atoms with Crippen molar-refractivity contribution in [3.63, 3.8) is 0 Å². The van der Waals surface area contributed by atoms with Crippen LogP contribution < -0.4 is 4.74 Å². The van der Waals surface area contributed by atoms with Gasteiger partial charge >= 0.3 is 0 Å². The molecule has 1 heterocycles. The molecule has 0 N–H and O–H groups in total. The van der Waals surface area contributed by atoms with Gasteiger partial charge in [0.15, 0.2) is 5.69 Å². The van der Waals surface area contributed by atoms with E-state index in [2.05, 4.69) is 4.98 Å². The maximum Gasteiger partial charge on any atom is 0.154 e. The number of nitrogens with zero attached hydrogens (tertiary/aromatic N) is 2. The fourth-order valence-electron chi connectivity index (χ4n) is 0.778. The Balaban J connectivity index is 3.13. The largest absolute Gasteiger partial charge is 0.495 e. The van der Waals surface area contributed by atoms with Gasteiger partial charge in [0.25, 0.3) is 0 Å². The van der Waals surface area contributed by atoms with E-state index in [9.17, 15) is 0 Å². The summed E-state index contributed by atoms with van der Waals surface area (Å²) in [5.74, 6) is 0.679. The molecule has 0 amide bonds. The quantitative estimate of drug-likeness (QED) is 0.650. The Kier molecular flexibility index (Phi) is 2.94. The maximum absolute atomic E-state index is 8.65. The highest BCUT2D eigenvalue weighted by Gasteiger charge is 2.03. The highest BCUT2D eigenvalue weighted by Crippen LogP contribution is 2.22. The molecule has 0 aliphatic rings. The van der Waals surface area contributed by atoms with Crippen LogP contribution >= 0.6 is 11.8 Å². The minimum atomic E-state index is 0.448. The van der Waals surface area contributed by atoms with Crippen LogP contribution in [0.2, 0.25) is 0 Å². The number of pyridine rings is 1. The van der Waals surface area contributed by atoms with Crippen LogP contribution in [-0.4, -0.2) is 18.3 Å². The number of hydrogen-bond acceptors (Lipinski definition) is 4. The molecule has 0 atom stereocenters. The Bertz CT molecular complexity index is 319. The van der Waals surface area contributed by atoms with Gasteiger partial charge in [-0.15, -0.1) is 11.8 Å². The number of hydrogen-bond donors (Lipinski definition) is 0. The SMILES string of the molecule is COc1cnc(C#N)c(SC)c1. The molecular weight excluding hydrogens is 172 g/mol. The highest BCUT2D eigenvalue weighted by molar-refractivity contribution is 7.98. The molecule has 0 aliphatic carbocycles. The van der Waals surface area contributed by atoms with Gasteiger partial charge < -0.3 is 4.74 Å². The summed E-state index contributed by atoms with van der Waals surface area (Å²) in [6.45, 7) is 0. The molecule has 0 aliphatic heterocycles. The topological polar surface area (TPSA) is 45.9 Å². The van der Waals surface area contributed by atoms with Gasteiger partial charge in [0, 0.05) is 4.90 Å². The highest BCUT2D eigenvalue weighted by atomic mass is 32.2. The summed E-state index contributed by atoms with van der Waals surface area (Å²) in [7, 11) is 1.58. The van der Waals surface area contributed by atoms with E-state index in [1.807, 2.05) is 12.3 Å². The van der Waals surface area contributed by atoms with Crippen LogP contribution in [0.5, 0.6) is 5.75 Å². The summed E-state index contributed by atoms with van der Waals surface area (Å²) in [6.07, 6.45) is 3.44. The molecule has 12 heavy (non-hydrogen) atoms. The van der Waals surface area contributed by atoms with E-state index in [4.69, 9.17) is 10.00 Å². The van der Waals surface area contributed by atoms with Gasteiger partial charge in [-0.1, -0.05) is 0 Å². The monoisotopic (exact) mass is 180 g/mol. The average Bonchev–Trinajstić information content (AvgIpc) is 2.16. The van der Waals surface area contributed by atoms with Crippen molar-refractivity contribution in [3.05, 3.63) is 18.0 Å². The summed E-state index contributed by atoms with van der Waals surface area (Å²) >= 11 is 1.48. The summed E-state index contributed by atoms with van der Waals surface area (Å²) in [4.78, 5) is 4.78. The Hall–Kier alpha value is -1.21. The van der Waals surface area contributed by atoms with Gasteiger partial charge in [0.2, 0.25) is 0 Å². The number of ether oxygens (including phenoxy) is 1. The van der Waals surface area contributed by atoms with Crippen molar-refractivity contribution < 1.29 is 4.74 Å². The molecule has 0 bridgehead atoms. The van der Waals surface area contributed by atoms with Crippen molar-refractivity contribution in [2.75, 3.05) is 13.4 Å². The van der Waals surface area contributed by atoms with Crippen molar-refractivity contribution in [1.29, 1.82) is 5.26 Å². The van der Waals surface area contributed by atoms with Crippen molar-refractivity contribution in [2.24, 2.45) is 0 Å². The van der Waals surface area contributed by atoms with Crippen LogP contribution in [0, 0.1) is 11.3 Å². The average molecular weight is 180 g/mol. The van der Waals surface area contributed by atoms with E-state index in [0.29, 0.717) is 11.4 Å². The van der Waals surface area contributed by atoms with Crippen LogP contribution in [-0.2, 0) is 0 Å². The summed E-state index contributed by atoms with van der Waals surface area (Å²) in [6, 6.07) is 3.81. The molecule has 0 unspecified atom stereocenters. The van der Waals surface area contributed by atoms with E-state index in [1.54, 1.807) is 13.2 Å². The minimum absolute atomic E-state index is 0.448. The first-order valence-electron chi connectivity index (χ1n) is 3.30. The second-order valence-electron chi connectivity index (χ2n) is 2.04. The number of nitriles is 1. The summed E-state index contributed by atoms with van der Waals surface area (Å²) < 4.78 is 4.97. The second kappa shape index (κ2) is 3.98. The molecule has 0 aromatic carbocycles. The summed E-state index contributed by atoms with van der Waals surface area (Å²) in [5.41, 5.74) is 0.448. The van der Waals surface area contributed by atoms with Crippen LogP contribution in [0.25, 0.3) is 0 Å². The lowest BCUT2D eigenvalue weighted by molar-refractivity contribution is 0.411. The number of thioether (sulfide) groups is 1. The van der Waals surface area contributed by atoms with Crippen LogP contribution in [0.4, 0.5) is 0 Å². The number of aromatic nitrogens is 1. The first-order chi connectivity index (χ1) is 5.81. The Morgan fingerprint density at radius 3 is 2.92 bits per heavy atom. The molecule has 0 spiro atoms. The first kappa shape index (κ1) is 8.88. The van der Waals surface area contributed by atoms with Crippen molar-refractivity contribution in [3.8, 4) is 11.8 Å². The van der Waals surface area contributed by atoms with Gasteiger partial charge in [0.05, 0.1) is 13.3 Å². The molecule has 3 nitrogen and oxygen atoms in total. The molecular formula is C8H8N2OS. The fraction of sp³-hybridized carbons (Fsp3) is 0.250. The summed E-state index contributed by atoms with van der Waals surface area (Å²) in [5, 5.41) is 8.65. The van der Waals surface area contributed by atoms with Crippen molar-refractivity contribution in [1.82, 2.24) is 4.98 Å². The van der Waals surface area contributed by atoms with E-state index in [1.165, 1.54) is 18.0 Å². The second-order valence-corrected chi connectivity index (χ2v) is 2.89. The van der Waals surface area contributed by atoms with Gasteiger partial charge in [-0.2, -0.15) is 5.26 Å². The molecule has 1 aromatic rings. The molecule has 0 saturated heterocycles. The molecule has 0 radical (unpaired) electrons. The minimum Gasteiger partial charge on any atom is -0.495 e. The Labute approximate surface area is 75.4 Å². The standard InChI is InChI=1S/C8H8N2OS/c1-11-6-3-8(12-2)7(4-9)10-5-6/h3,5H,1-2H3. The number of rotatable bonds is 2. The molecule has 1 rings (SSSR count). The fourth-order valence-corrected chi connectivity index (χ4v) is 1.30. The van der Waals surface area contributed by atoms with Crippen LogP contribution in [0.1, 0.15) is 5.69 Å². The molecule has 0 saturated carbocycles. The van der Waals surface area contributed by atoms with Gasteiger partial charge in [-0.3, -0.25) is 0 Å². The molecule has 0 fully saturated rings. The molecule has 4 heteroatoms. The third kappa shape index (κ3) is 1.69. The van der Waals surface area contributed by atoms with Crippen LogP contribution in [0.3, 0.4) is 0 Å². The van der Waals surface area contributed by atoms with E-state index >= 15 is 0 Å². The predicted octanol–water partition coefficient (Wildman–Crippen LogP) is 1.68. The third-order valence-corrected chi connectivity index (χ3v) is 2.14. The lowest BCUT2D eigenvalue weighted by Gasteiger charge is -2.01. The number of methoxy groups -OCH3 is 1. The Morgan fingerprint density at radius 2 is 2.42 bits per heavy atom. The first-order valence-corrected chi connectivity index (χ1v) is 4.52. The van der Waals surface area contributed by atoms with E-state index in [-0.39, 0.29) is 0 Å². The lowest BCUT2D eigenvalue weighted by atomic mass is 10.3. The van der Waals surface area contributed by atoms with Crippen LogP contribution in [0.15, 0.2) is 17.2 Å². The third-order valence-electron chi connectivity index (χ3n) is 1.39.